The van der Waals surface area contributed by atoms with E-state index in [1.807, 2.05) is 55.5 Å². The molecule has 5 rings (SSSR count). The van der Waals surface area contributed by atoms with Gasteiger partial charge in [0.2, 0.25) is 0 Å². The van der Waals surface area contributed by atoms with Gasteiger partial charge in [0.15, 0.2) is 0 Å². The van der Waals surface area contributed by atoms with E-state index in [1.165, 1.54) is 0 Å². The molecule has 136 valence electrons. The average Bonchev–Trinajstić information content (AvgIpc) is 3.03. The number of aryl methyl sites for hydroxylation is 1. The molecule has 1 heterocycles. The molecule has 0 amide bonds. The van der Waals surface area contributed by atoms with Crippen LogP contribution in [-0.4, -0.2) is 15.9 Å². The Kier molecular flexibility index (Phi) is 3.27. The van der Waals surface area contributed by atoms with Crippen molar-refractivity contribution >= 4 is 17.0 Å². The molecule has 27 heavy (non-hydrogen) atoms. The summed E-state index contributed by atoms with van der Waals surface area (Å²) in [4.78, 5) is 23.3. The van der Waals surface area contributed by atoms with Gasteiger partial charge in [-0.25, -0.2) is 9.97 Å². The van der Waals surface area contributed by atoms with E-state index in [0.717, 1.165) is 40.8 Å². The van der Waals surface area contributed by atoms with Crippen molar-refractivity contribution in [2.45, 2.75) is 44.9 Å². The van der Waals surface area contributed by atoms with Crippen LogP contribution in [0.15, 0.2) is 48.5 Å². The van der Waals surface area contributed by atoms with Crippen molar-refractivity contribution in [1.29, 1.82) is 0 Å². The number of rotatable bonds is 2. The normalized spacial score (nSPS) is 24.8. The second-order valence-electron chi connectivity index (χ2n) is 8.37. The molecule has 2 aromatic carbocycles. The predicted molar refractivity (Wildman–Crippen MR) is 104 cm³/mol. The lowest BCUT2D eigenvalue weighted by Crippen LogP contribution is -2.45. The number of carbonyl (C=O) groups excluding carboxylic acids is 1. The predicted octanol–water partition coefficient (Wildman–Crippen LogP) is 4.70. The summed E-state index contributed by atoms with van der Waals surface area (Å²) in [6.07, 6.45) is 1.70. The summed E-state index contributed by atoms with van der Waals surface area (Å²) in [5.41, 5.74) is 3.65. The number of carbonyl (C=O) groups is 1. The fourth-order valence-electron chi connectivity index (χ4n) is 5.08. The number of aromatic nitrogens is 2. The second-order valence-corrected chi connectivity index (χ2v) is 8.37. The van der Waals surface area contributed by atoms with E-state index in [4.69, 9.17) is 14.7 Å². The minimum atomic E-state index is -0.741. The van der Waals surface area contributed by atoms with Crippen molar-refractivity contribution in [1.82, 2.24) is 9.97 Å². The molecule has 2 aliphatic rings. The molecule has 0 spiro atoms. The Balaban J connectivity index is 1.65. The zero-order valence-corrected chi connectivity index (χ0v) is 15.8. The highest BCUT2D eigenvalue weighted by molar-refractivity contribution is 5.89. The first-order valence-corrected chi connectivity index (χ1v) is 9.49. The minimum Gasteiger partial charge on any atom is -0.426 e. The SMILES string of the molecule is Cc1ccc(OC(=O)C23CCC(c4nc5ccccc5nc42)C3(C)C)cc1. The van der Waals surface area contributed by atoms with Gasteiger partial charge in [0, 0.05) is 5.92 Å². The van der Waals surface area contributed by atoms with E-state index in [9.17, 15) is 4.79 Å². The van der Waals surface area contributed by atoms with Gasteiger partial charge >= 0.3 is 5.97 Å². The van der Waals surface area contributed by atoms with Crippen molar-refractivity contribution in [3.05, 3.63) is 65.5 Å². The number of nitrogens with zero attached hydrogens (tertiary/aromatic N) is 2. The van der Waals surface area contributed by atoms with Crippen LogP contribution in [0, 0.1) is 12.3 Å². The van der Waals surface area contributed by atoms with Crippen LogP contribution in [0.3, 0.4) is 0 Å². The smallest absolute Gasteiger partial charge is 0.324 e. The maximum absolute atomic E-state index is 13.5. The molecule has 0 saturated heterocycles. The summed E-state index contributed by atoms with van der Waals surface area (Å²) in [5, 5.41) is 0. The highest BCUT2D eigenvalue weighted by atomic mass is 16.5. The third kappa shape index (κ3) is 2.07. The van der Waals surface area contributed by atoms with Crippen LogP contribution >= 0.6 is 0 Å². The molecule has 2 bridgehead atoms. The lowest BCUT2D eigenvalue weighted by atomic mass is 9.68. The lowest BCUT2D eigenvalue weighted by Gasteiger charge is -2.35. The standard InChI is InChI=1S/C23H22N2O2/c1-14-8-10-15(11-9-14)27-21(26)23-13-12-16(22(23,2)3)19-20(23)25-18-7-5-4-6-17(18)24-19/h4-11,16H,12-13H2,1-3H3. The quantitative estimate of drug-likeness (QED) is 0.492. The summed E-state index contributed by atoms with van der Waals surface area (Å²) in [5.74, 6) is 0.610. The van der Waals surface area contributed by atoms with Crippen LogP contribution in [0.5, 0.6) is 5.75 Å². The molecule has 0 aliphatic heterocycles. The van der Waals surface area contributed by atoms with E-state index in [-0.39, 0.29) is 17.3 Å². The molecule has 2 unspecified atom stereocenters. The molecule has 0 radical (unpaired) electrons. The first kappa shape index (κ1) is 16.4. The minimum absolute atomic E-state index is 0.206. The molecule has 1 saturated carbocycles. The maximum atomic E-state index is 13.5. The van der Waals surface area contributed by atoms with Gasteiger partial charge in [-0.1, -0.05) is 43.7 Å². The van der Waals surface area contributed by atoms with Gasteiger partial charge in [0.25, 0.3) is 0 Å². The molecular formula is C23H22N2O2. The van der Waals surface area contributed by atoms with Crippen LogP contribution < -0.4 is 4.74 Å². The Hall–Kier alpha value is -2.75. The van der Waals surface area contributed by atoms with E-state index in [0.29, 0.717) is 5.75 Å². The van der Waals surface area contributed by atoms with Crippen molar-refractivity contribution in [2.75, 3.05) is 0 Å². The van der Waals surface area contributed by atoms with Gasteiger partial charge in [-0.2, -0.15) is 0 Å². The molecule has 1 aromatic heterocycles. The molecule has 2 aliphatic carbocycles. The number of fused-ring (bicyclic) bond motifs is 6. The van der Waals surface area contributed by atoms with Crippen molar-refractivity contribution in [3.63, 3.8) is 0 Å². The Morgan fingerprint density at radius 3 is 2.41 bits per heavy atom. The number of ether oxygens (including phenoxy) is 1. The van der Waals surface area contributed by atoms with Gasteiger partial charge in [-0.3, -0.25) is 4.79 Å². The largest absolute Gasteiger partial charge is 0.426 e. The Morgan fingerprint density at radius 2 is 1.70 bits per heavy atom. The zero-order valence-electron chi connectivity index (χ0n) is 15.8. The molecular weight excluding hydrogens is 336 g/mol. The summed E-state index contributed by atoms with van der Waals surface area (Å²) in [6.45, 7) is 6.34. The van der Waals surface area contributed by atoms with Crippen molar-refractivity contribution in [2.24, 2.45) is 5.41 Å². The van der Waals surface area contributed by atoms with Gasteiger partial charge in [-0.05, 0) is 49.4 Å². The molecule has 3 aromatic rings. The lowest BCUT2D eigenvalue weighted by molar-refractivity contribution is -0.144. The molecule has 0 N–H and O–H groups in total. The number of hydrogen-bond donors (Lipinski definition) is 0. The van der Waals surface area contributed by atoms with Gasteiger partial charge in [0.05, 0.1) is 22.4 Å². The summed E-state index contributed by atoms with van der Waals surface area (Å²) < 4.78 is 5.87. The van der Waals surface area contributed by atoms with Crippen LogP contribution in [0.1, 0.15) is 49.6 Å². The average molecular weight is 358 g/mol. The molecule has 1 fully saturated rings. The third-order valence-corrected chi connectivity index (χ3v) is 6.69. The van der Waals surface area contributed by atoms with Crippen LogP contribution in [0.2, 0.25) is 0 Å². The number of benzene rings is 2. The Labute approximate surface area is 158 Å². The fourth-order valence-corrected chi connectivity index (χ4v) is 5.08. The monoisotopic (exact) mass is 358 g/mol. The van der Waals surface area contributed by atoms with E-state index in [2.05, 4.69) is 13.8 Å². The van der Waals surface area contributed by atoms with E-state index in [1.54, 1.807) is 0 Å². The first-order valence-electron chi connectivity index (χ1n) is 9.49. The van der Waals surface area contributed by atoms with Crippen molar-refractivity contribution < 1.29 is 9.53 Å². The number of para-hydroxylation sites is 2. The number of hydrogen-bond acceptors (Lipinski definition) is 4. The topological polar surface area (TPSA) is 52.1 Å². The second kappa shape index (κ2) is 5.38. The van der Waals surface area contributed by atoms with Gasteiger partial charge in [-0.15, -0.1) is 0 Å². The first-order chi connectivity index (χ1) is 12.9. The molecule has 2 atom stereocenters. The van der Waals surface area contributed by atoms with Gasteiger partial charge < -0.3 is 4.74 Å². The number of esters is 1. The van der Waals surface area contributed by atoms with Crippen molar-refractivity contribution in [3.8, 4) is 5.75 Å². The van der Waals surface area contributed by atoms with E-state index < -0.39 is 5.41 Å². The fraction of sp³-hybridized carbons (Fsp3) is 0.348. The molecule has 4 nitrogen and oxygen atoms in total. The van der Waals surface area contributed by atoms with E-state index >= 15 is 0 Å². The zero-order chi connectivity index (χ0) is 18.8. The third-order valence-electron chi connectivity index (χ3n) is 6.69. The van der Waals surface area contributed by atoms with Crippen LogP contribution in [0.25, 0.3) is 11.0 Å². The summed E-state index contributed by atoms with van der Waals surface area (Å²) >= 11 is 0. The molecule has 4 heteroatoms. The highest BCUT2D eigenvalue weighted by Gasteiger charge is 2.68. The van der Waals surface area contributed by atoms with Crippen LogP contribution in [-0.2, 0) is 10.2 Å². The Morgan fingerprint density at radius 1 is 1.04 bits per heavy atom. The maximum Gasteiger partial charge on any atom is 0.324 e. The Bertz CT molecular complexity index is 1070. The van der Waals surface area contributed by atoms with Gasteiger partial charge in [0.1, 0.15) is 11.2 Å². The highest BCUT2D eigenvalue weighted by Crippen LogP contribution is 2.67. The van der Waals surface area contributed by atoms with Crippen LogP contribution in [0.4, 0.5) is 0 Å². The summed E-state index contributed by atoms with van der Waals surface area (Å²) in [7, 11) is 0. The summed E-state index contributed by atoms with van der Waals surface area (Å²) in [6, 6.07) is 15.5.